The number of allylic oxidation sites excluding steroid dienone is 2. The van der Waals surface area contributed by atoms with Crippen molar-refractivity contribution in [1.82, 2.24) is 0 Å². The van der Waals surface area contributed by atoms with Crippen molar-refractivity contribution in [3.05, 3.63) is 62.7 Å². The number of ketones is 4. The molecular formula is C31H23ClO12. The third-order valence-electron chi connectivity index (χ3n) is 9.57. The highest BCUT2D eigenvalue weighted by Gasteiger charge is 2.63. The molecule has 2 aromatic carbocycles. The van der Waals surface area contributed by atoms with Crippen LogP contribution in [0.1, 0.15) is 62.6 Å². The van der Waals surface area contributed by atoms with E-state index in [4.69, 9.17) is 21.1 Å². The van der Waals surface area contributed by atoms with Gasteiger partial charge in [0.15, 0.2) is 28.9 Å². The van der Waals surface area contributed by atoms with Gasteiger partial charge in [-0.3, -0.25) is 19.2 Å². The first kappa shape index (κ1) is 28.1. The Morgan fingerprint density at radius 3 is 2.50 bits per heavy atom. The highest BCUT2D eigenvalue weighted by atomic mass is 35.5. The van der Waals surface area contributed by atoms with Gasteiger partial charge in [-0.1, -0.05) is 23.8 Å². The largest absolute Gasteiger partial charge is 0.508 e. The summed E-state index contributed by atoms with van der Waals surface area (Å²) in [5, 5.41) is 54.3. The van der Waals surface area contributed by atoms with Gasteiger partial charge in [-0.15, -0.1) is 0 Å². The number of aliphatic hydroxyl groups excluding tert-OH is 2. The Bertz CT molecular complexity index is 1870. The average Bonchev–Trinajstić information content (AvgIpc) is 2.96. The van der Waals surface area contributed by atoms with E-state index in [1.54, 1.807) is 0 Å². The smallest absolute Gasteiger partial charge is 0.358 e. The van der Waals surface area contributed by atoms with Crippen molar-refractivity contribution in [1.29, 1.82) is 0 Å². The molecule has 1 unspecified atom stereocenters. The Morgan fingerprint density at radius 2 is 1.80 bits per heavy atom. The van der Waals surface area contributed by atoms with Crippen LogP contribution >= 0.6 is 11.6 Å². The second-order valence-corrected chi connectivity index (χ2v) is 12.0. The molecule has 13 heteroatoms. The number of phenolic OH excluding ortho intramolecular Hbond substituents is 3. The first-order chi connectivity index (χ1) is 20.8. The second kappa shape index (κ2) is 8.93. The van der Waals surface area contributed by atoms with Crippen LogP contribution in [0.5, 0.6) is 23.0 Å². The number of benzene rings is 2. The van der Waals surface area contributed by atoms with E-state index in [-0.39, 0.29) is 53.0 Å². The number of carbonyl (C=O) groups excluding carboxylic acids is 5. The molecule has 8 rings (SSSR count). The highest BCUT2D eigenvalue weighted by Crippen LogP contribution is 2.59. The Kier molecular flexibility index (Phi) is 5.70. The first-order valence-corrected chi connectivity index (χ1v) is 14.1. The van der Waals surface area contributed by atoms with Crippen LogP contribution in [-0.2, 0) is 25.5 Å². The van der Waals surface area contributed by atoms with Crippen molar-refractivity contribution in [3.8, 4) is 23.0 Å². The number of Topliss-reactive ketones (excluding diaryl/α,β-unsaturated/α-hetero) is 4. The molecule has 0 saturated heterocycles. The van der Waals surface area contributed by atoms with E-state index in [9.17, 15) is 49.5 Å². The van der Waals surface area contributed by atoms with E-state index in [1.165, 1.54) is 12.2 Å². The van der Waals surface area contributed by atoms with Gasteiger partial charge in [0, 0.05) is 23.6 Å². The number of methoxy groups -OCH3 is 1. The predicted octanol–water partition coefficient (Wildman–Crippen LogP) is 2.60. The monoisotopic (exact) mass is 622 g/mol. The lowest BCUT2D eigenvalue weighted by atomic mass is 9.53. The molecule has 0 radical (unpaired) electrons. The lowest BCUT2D eigenvalue weighted by molar-refractivity contribution is -0.169. The molecule has 6 aliphatic rings. The van der Waals surface area contributed by atoms with Gasteiger partial charge in [0.2, 0.25) is 0 Å². The van der Waals surface area contributed by atoms with E-state index in [2.05, 4.69) is 0 Å². The van der Waals surface area contributed by atoms with Crippen molar-refractivity contribution < 1.29 is 59.0 Å². The molecule has 1 saturated carbocycles. The maximum absolute atomic E-state index is 14.1. The summed E-state index contributed by atoms with van der Waals surface area (Å²) in [5.41, 5.74) is -5.99. The molecule has 5 aliphatic carbocycles. The van der Waals surface area contributed by atoms with Crippen LogP contribution in [0, 0.1) is 11.3 Å². The summed E-state index contributed by atoms with van der Waals surface area (Å²) in [7, 11) is 1.00. The number of esters is 1. The Labute approximate surface area is 252 Å². The van der Waals surface area contributed by atoms with Crippen molar-refractivity contribution in [3.63, 3.8) is 0 Å². The summed E-state index contributed by atoms with van der Waals surface area (Å²) in [6, 6.07) is 1.93. The molecule has 2 aromatic rings. The molecule has 226 valence electrons. The average molecular weight is 623 g/mol. The van der Waals surface area contributed by atoms with Gasteiger partial charge in [-0.25, -0.2) is 4.79 Å². The van der Waals surface area contributed by atoms with Gasteiger partial charge < -0.3 is 35.0 Å². The fourth-order valence-electron chi connectivity index (χ4n) is 7.57. The van der Waals surface area contributed by atoms with E-state index < -0.39 is 98.0 Å². The zero-order valence-electron chi connectivity index (χ0n) is 22.8. The van der Waals surface area contributed by atoms with E-state index in [0.29, 0.717) is 0 Å². The van der Waals surface area contributed by atoms with E-state index in [1.807, 2.05) is 0 Å². The fourth-order valence-corrected chi connectivity index (χ4v) is 7.90. The van der Waals surface area contributed by atoms with E-state index in [0.717, 1.165) is 19.2 Å². The fraction of sp³-hybridized carbons (Fsp3) is 0.323. The van der Waals surface area contributed by atoms with Crippen LogP contribution < -0.4 is 4.74 Å². The summed E-state index contributed by atoms with van der Waals surface area (Å²) < 4.78 is 10.8. The van der Waals surface area contributed by atoms with Crippen LogP contribution in [0.4, 0.5) is 0 Å². The third kappa shape index (κ3) is 3.13. The normalized spacial score (nSPS) is 29.9. The topological polar surface area (TPSA) is 205 Å². The molecule has 1 spiro atoms. The minimum atomic E-state index is -2.50. The summed E-state index contributed by atoms with van der Waals surface area (Å²) in [6.45, 7) is 0. The van der Waals surface area contributed by atoms with Crippen molar-refractivity contribution in [2.24, 2.45) is 11.3 Å². The standard InChI is InChI=1S/C31H23ClO12/c1-43-29(42)31-16(36)3-2-14(34)20(31)26(40)19-25(39)17-11(22(32)27(19)44-31)4-6-30-7-5-12(17)23(37)21(30)24(38)13-8-10(33)9-15(35)18(13)28(30)41/h5,7-9,12,16,21,33,35-36,39-40H,2-4,6H2,1H3/t12-,16-,21?,30+,31-/m1/s1. The van der Waals surface area contributed by atoms with Crippen molar-refractivity contribution in [2.45, 2.75) is 43.3 Å². The third-order valence-corrected chi connectivity index (χ3v) is 9.97. The van der Waals surface area contributed by atoms with Crippen LogP contribution in [0.25, 0.3) is 5.76 Å². The number of aliphatic hydroxyl groups is 2. The molecule has 44 heavy (non-hydrogen) atoms. The lowest BCUT2D eigenvalue weighted by Gasteiger charge is -2.46. The molecular weight excluding hydrogens is 600 g/mol. The number of halogens is 1. The van der Waals surface area contributed by atoms with Gasteiger partial charge in [-0.2, -0.15) is 0 Å². The minimum Gasteiger partial charge on any atom is -0.508 e. The minimum absolute atomic E-state index is 0.0989. The van der Waals surface area contributed by atoms with Gasteiger partial charge >= 0.3 is 5.97 Å². The molecule has 1 aliphatic heterocycles. The lowest BCUT2D eigenvalue weighted by Crippen LogP contribution is -2.61. The summed E-state index contributed by atoms with van der Waals surface area (Å²) in [5.74, 6) is -10.3. The van der Waals surface area contributed by atoms with Crippen molar-refractivity contribution >= 4 is 46.5 Å². The SMILES string of the molecule is COC(=O)[C@]12Oc3c(Cl)c4c(c(O)c3C(O)=C1C(=O)CC[C@H]2O)[C@H]1C=C[C@]2(CC4)C(=O)c3c(O)cc(O)cc3C(=O)C2C1=O. The number of phenols is 3. The number of ether oxygens (including phenoxy) is 2. The summed E-state index contributed by atoms with van der Waals surface area (Å²) in [4.78, 5) is 68.0. The van der Waals surface area contributed by atoms with Gasteiger partial charge in [0.05, 0.1) is 40.5 Å². The van der Waals surface area contributed by atoms with Crippen LogP contribution in [0.3, 0.4) is 0 Å². The Morgan fingerprint density at radius 1 is 1.07 bits per heavy atom. The predicted molar refractivity (Wildman–Crippen MR) is 148 cm³/mol. The number of hydrogen-bond acceptors (Lipinski definition) is 12. The molecule has 1 heterocycles. The number of carbonyl (C=O) groups is 5. The van der Waals surface area contributed by atoms with Crippen LogP contribution in [0.2, 0.25) is 5.02 Å². The van der Waals surface area contributed by atoms with Crippen molar-refractivity contribution in [2.75, 3.05) is 7.11 Å². The number of aromatic hydroxyl groups is 3. The molecule has 5 N–H and O–H groups in total. The first-order valence-electron chi connectivity index (χ1n) is 13.7. The zero-order valence-corrected chi connectivity index (χ0v) is 23.6. The second-order valence-electron chi connectivity index (χ2n) is 11.6. The Balaban J connectivity index is 1.47. The van der Waals surface area contributed by atoms with Gasteiger partial charge in [-0.05, 0) is 30.9 Å². The molecule has 5 atom stereocenters. The molecule has 2 bridgehead atoms. The molecule has 12 nitrogen and oxygen atoms in total. The number of rotatable bonds is 1. The van der Waals surface area contributed by atoms with E-state index >= 15 is 0 Å². The quantitative estimate of drug-likeness (QED) is 0.177. The van der Waals surface area contributed by atoms with Crippen LogP contribution in [0.15, 0.2) is 29.9 Å². The summed E-state index contributed by atoms with van der Waals surface area (Å²) in [6.07, 6.45) is 0.326. The highest BCUT2D eigenvalue weighted by molar-refractivity contribution is 6.34. The molecule has 0 aromatic heterocycles. The Hall–Kier alpha value is -4.68. The zero-order chi connectivity index (χ0) is 31.6. The maximum Gasteiger partial charge on any atom is 0.358 e. The van der Waals surface area contributed by atoms with Gasteiger partial charge in [0.25, 0.3) is 5.60 Å². The number of hydrogen-bond donors (Lipinski definition) is 5. The van der Waals surface area contributed by atoms with Crippen LogP contribution in [-0.4, -0.2) is 73.4 Å². The molecule has 0 amide bonds. The number of fused-ring (bicyclic) bond motifs is 4. The molecule has 1 fully saturated rings. The summed E-state index contributed by atoms with van der Waals surface area (Å²) >= 11 is 6.84. The maximum atomic E-state index is 14.1. The van der Waals surface area contributed by atoms with Gasteiger partial charge in [0.1, 0.15) is 34.7 Å².